The molecule has 1 heterocycles. The number of hydrogen-bond acceptors (Lipinski definition) is 3. The number of nitrogens with one attached hydrogen (secondary N) is 1. The number of nitrogens with zero attached hydrogens (tertiary/aromatic N) is 1. The second-order valence-electron chi connectivity index (χ2n) is 5.36. The van der Waals surface area contributed by atoms with E-state index in [0.29, 0.717) is 21.4 Å². The lowest BCUT2D eigenvalue weighted by atomic mass is 10.2. The molecule has 3 rings (SSSR count). The highest BCUT2D eigenvalue weighted by Crippen LogP contribution is 2.22. The van der Waals surface area contributed by atoms with Crippen molar-refractivity contribution in [1.29, 1.82) is 0 Å². The summed E-state index contributed by atoms with van der Waals surface area (Å²) in [6.07, 6.45) is 1.46. The van der Waals surface area contributed by atoms with Gasteiger partial charge in [0.2, 0.25) is 5.88 Å². The van der Waals surface area contributed by atoms with E-state index in [4.69, 9.17) is 27.9 Å². The van der Waals surface area contributed by atoms with Gasteiger partial charge in [-0.1, -0.05) is 29.3 Å². The standard InChI is InChI=1S/C19H13Cl2FN2O2/c20-14-2-1-13(17(21)10-14)11-24-19(25)12-7-8-23-18(9-12)26-16-5-3-15(22)4-6-16/h1-10H,11H2,(H,24,25). The molecule has 1 amide bonds. The molecule has 7 heteroatoms. The van der Waals surface area contributed by atoms with Gasteiger partial charge in [-0.2, -0.15) is 0 Å². The maximum atomic E-state index is 12.9. The molecule has 0 aliphatic carbocycles. The molecule has 0 saturated carbocycles. The molecule has 132 valence electrons. The van der Waals surface area contributed by atoms with Crippen LogP contribution in [0.2, 0.25) is 10.0 Å². The second kappa shape index (κ2) is 8.17. The van der Waals surface area contributed by atoms with Gasteiger partial charge < -0.3 is 10.1 Å². The van der Waals surface area contributed by atoms with Crippen LogP contribution in [0.4, 0.5) is 4.39 Å². The minimum atomic E-state index is -0.362. The lowest BCUT2D eigenvalue weighted by molar-refractivity contribution is 0.0950. The first kappa shape index (κ1) is 18.2. The predicted molar refractivity (Wildman–Crippen MR) is 98.3 cm³/mol. The molecule has 0 spiro atoms. The van der Waals surface area contributed by atoms with Gasteiger partial charge in [-0.3, -0.25) is 4.79 Å². The molecule has 0 fully saturated rings. The fraction of sp³-hybridized carbons (Fsp3) is 0.0526. The Balaban J connectivity index is 1.66. The Labute approximate surface area is 159 Å². The quantitative estimate of drug-likeness (QED) is 0.646. The first-order chi connectivity index (χ1) is 12.5. The number of aromatic nitrogens is 1. The summed E-state index contributed by atoms with van der Waals surface area (Å²) in [6.45, 7) is 0.255. The summed E-state index contributed by atoms with van der Waals surface area (Å²) >= 11 is 11.9. The van der Waals surface area contributed by atoms with Gasteiger partial charge in [0.05, 0.1) is 0 Å². The van der Waals surface area contributed by atoms with E-state index < -0.39 is 0 Å². The fourth-order valence-corrected chi connectivity index (χ4v) is 2.65. The molecule has 0 atom stereocenters. The van der Waals surface area contributed by atoms with Crippen molar-refractivity contribution in [3.05, 3.63) is 87.8 Å². The van der Waals surface area contributed by atoms with Crippen molar-refractivity contribution >= 4 is 29.1 Å². The third-order valence-electron chi connectivity index (χ3n) is 3.49. The van der Waals surface area contributed by atoms with Crippen LogP contribution >= 0.6 is 23.2 Å². The monoisotopic (exact) mass is 390 g/mol. The van der Waals surface area contributed by atoms with E-state index in [1.165, 1.54) is 36.5 Å². The van der Waals surface area contributed by atoms with Crippen LogP contribution in [0.1, 0.15) is 15.9 Å². The molecule has 2 aromatic carbocycles. The second-order valence-corrected chi connectivity index (χ2v) is 6.20. The molecule has 1 N–H and O–H groups in total. The van der Waals surface area contributed by atoms with Gasteiger partial charge in [-0.05, 0) is 48.0 Å². The zero-order chi connectivity index (χ0) is 18.5. The number of rotatable bonds is 5. The molecule has 0 bridgehead atoms. The minimum Gasteiger partial charge on any atom is -0.439 e. The highest BCUT2D eigenvalue weighted by molar-refractivity contribution is 6.35. The number of amides is 1. The third kappa shape index (κ3) is 4.71. The molecule has 0 aliphatic heterocycles. The molecule has 3 aromatic rings. The molecular weight excluding hydrogens is 378 g/mol. The van der Waals surface area contributed by atoms with Crippen LogP contribution in [-0.4, -0.2) is 10.9 Å². The largest absolute Gasteiger partial charge is 0.439 e. The van der Waals surface area contributed by atoms with Crippen LogP contribution in [0.3, 0.4) is 0 Å². The lowest BCUT2D eigenvalue weighted by Crippen LogP contribution is -2.23. The Morgan fingerprint density at radius 2 is 1.85 bits per heavy atom. The van der Waals surface area contributed by atoms with Crippen LogP contribution in [-0.2, 0) is 6.54 Å². The van der Waals surface area contributed by atoms with E-state index in [9.17, 15) is 9.18 Å². The first-order valence-corrected chi connectivity index (χ1v) is 8.38. The van der Waals surface area contributed by atoms with E-state index in [0.717, 1.165) is 5.56 Å². The SMILES string of the molecule is O=C(NCc1ccc(Cl)cc1Cl)c1ccnc(Oc2ccc(F)cc2)c1. The van der Waals surface area contributed by atoms with Crippen molar-refractivity contribution in [3.8, 4) is 11.6 Å². The average molecular weight is 391 g/mol. The smallest absolute Gasteiger partial charge is 0.251 e. The summed E-state index contributed by atoms with van der Waals surface area (Å²) in [4.78, 5) is 16.4. The highest BCUT2D eigenvalue weighted by Gasteiger charge is 2.09. The Morgan fingerprint density at radius 3 is 2.58 bits per heavy atom. The van der Waals surface area contributed by atoms with Crippen LogP contribution in [0, 0.1) is 5.82 Å². The third-order valence-corrected chi connectivity index (χ3v) is 4.07. The molecule has 26 heavy (non-hydrogen) atoms. The number of ether oxygens (including phenoxy) is 1. The van der Waals surface area contributed by atoms with Gasteiger partial charge in [0.1, 0.15) is 11.6 Å². The minimum absolute atomic E-state index is 0.230. The predicted octanol–water partition coefficient (Wildman–Crippen LogP) is 5.25. The van der Waals surface area contributed by atoms with Gasteiger partial charge in [0.25, 0.3) is 5.91 Å². The number of hydrogen-bond donors (Lipinski definition) is 1. The first-order valence-electron chi connectivity index (χ1n) is 7.63. The van der Waals surface area contributed by atoms with E-state index in [1.54, 1.807) is 24.3 Å². The summed E-state index contributed by atoms with van der Waals surface area (Å²) in [5.74, 6) is -0.0140. The zero-order valence-electron chi connectivity index (χ0n) is 13.4. The fourth-order valence-electron chi connectivity index (χ4n) is 2.17. The van der Waals surface area contributed by atoms with E-state index in [-0.39, 0.29) is 24.1 Å². The van der Waals surface area contributed by atoms with Crippen LogP contribution < -0.4 is 10.1 Å². The van der Waals surface area contributed by atoms with Crippen LogP contribution in [0.15, 0.2) is 60.8 Å². The van der Waals surface area contributed by atoms with Crippen molar-refractivity contribution in [2.75, 3.05) is 0 Å². The summed E-state index contributed by atoms with van der Waals surface area (Å²) in [5.41, 5.74) is 1.13. The number of halogens is 3. The molecule has 0 aliphatic rings. The highest BCUT2D eigenvalue weighted by atomic mass is 35.5. The van der Waals surface area contributed by atoms with Crippen LogP contribution in [0.25, 0.3) is 0 Å². The van der Waals surface area contributed by atoms with Gasteiger partial charge in [0, 0.05) is 34.4 Å². The summed E-state index contributed by atoms with van der Waals surface area (Å²) in [7, 11) is 0. The van der Waals surface area contributed by atoms with Gasteiger partial charge >= 0.3 is 0 Å². The number of carbonyl (C=O) groups is 1. The van der Waals surface area contributed by atoms with Crippen LogP contribution in [0.5, 0.6) is 11.6 Å². The van der Waals surface area contributed by atoms with Crippen molar-refractivity contribution in [2.24, 2.45) is 0 Å². The van der Waals surface area contributed by atoms with E-state index in [1.807, 2.05) is 0 Å². The molecule has 4 nitrogen and oxygen atoms in total. The van der Waals surface area contributed by atoms with Gasteiger partial charge in [-0.15, -0.1) is 0 Å². The normalized spacial score (nSPS) is 10.4. The van der Waals surface area contributed by atoms with Crippen molar-refractivity contribution in [1.82, 2.24) is 10.3 Å². The Hall–Kier alpha value is -2.63. The van der Waals surface area contributed by atoms with Crippen molar-refractivity contribution < 1.29 is 13.9 Å². The maximum absolute atomic E-state index is 12.9. The molecular formula is C19H13Cl2FN2O2. The Kier molecular flexibility index (Phi) is 5.71. The summed E-state index contributed by atoms with van der Waals surface area (Å²) < 4.78 is 18.5. The molecule has 0 radical (unpaired) electrons. The lowest BCUT2D eigenvalue weighted by Gasteiger charge is -2.09. The Bertz CT molecular complexity index is 933. The molecule has 0 unspecified atom stereocenters. The Morgan fingerprint density at radius 1 is 1.08 bits per heavy atom. The number of pyridine rings is 1. The van der Waals surface area contributed by atoms with Crippen molar-refractivity contribution in [3.63, 3.8) is 0 Å². The number of carbonyl (C=O) groups excluding carboxylic acids is 1. The molecule has 1 aromatic heterocycles. The maximum Gasteiger partial charge on any atom is 0.251 e. The van der Waals surface area contributed by atoms with Gasteiger partial charge in [0.15, 0.2) is 0 Å². The van der Waals surface area contributed by atoms with E-state index >= 15 is 0 Å². The zero-order valence-corrected chi connectivity index (χ0v) is 14.9. The van der Waals surface area contributed by atoms with Crippen molar-refractivity contribution in [2.45, 2.75) is 6.54 Å². The van der Waals surface area contributed by atoms with Gasteiger partial charge in [-0.25, -0.2) is 9.37 Å². The summed E-state index contributed by atoms with van der Waals surface area (Å²) in [6, 6.07) is 13.7. The van der Waals surface area contributed by atoms with E-state index in [2.05, 4.69) is 10.3 Å². The number of benzene rings is 2. The molecule has 0 saturated heterocycles. The average Bonchev–Trinajstić information content (AvgIpc) is 2.63. The summed E-state index contributed by atoms with van der Waals surface area (Å²) in [5, 5.41) is 3.78. The topological polar surface area (TPSA) is 51.2 Å².